The highest BCUT2D eigenvalue weighted by Gasteiger charge is 2.40. The van der Waals surface area contributed by atoms with Gasteiger partial charge in [-0.3, -0.25) is 0 Å². The van der Waals surface area contributed by atoms with Gasteiger partial charge in [0.1, 0.15) is 11.2 Å². The van der Waals surface area contributed by atoms with Crippen molar-refractivity contribution in [1.82, 2.24) is 0 Å². The number of anilines is 1. The van der Waals surface area contributed by atoms with Crippen LogP contribution in [0.4, 0.5) is 10.1 Å². The molecule has 1 aromatic carbocycles. The number of hydrogen-bond donors (Lipinski definition) is 0. The lowest BCUT2D eigenvalue weighted by Crippen LogP contribution is -2.49. The quantitative estimate of drug-likeness (QED) is 0.831. The zero-order valence-corrected chi connectivity index (χ0v) is 10.2. The standard InChI is InChI=1S/C12H12ClFN2O/c1-16(6-12(5-15)7-17-8-12)9-2-3-11(14)10(13)4-9/h2-4H,6-8H2,1H3. The molecular weight excluding hydrogens is 243 g/mol. The molecule has 0 amide bonds. The van der Waals surface area contributed by atoms with Crippen molar-refractivity contribution in [1.29, 1.82) is 5.26 Å². The van der Waals surface area contributed by atoms with E-state index in [0.717, 1.165) is 5.69 Å². The summed E-state index contributed by atoms with van der Waals surface area (Å²) >= 11 is 5.72. The molecule has 3 nitrogen and oxygen atoms in total. The molecule has 0 aliphatic carbocycles. The Morgan fingerprint density at radius 2 is 2.29 bits per heavy atom. The van der Waals surface area contributed by atoms with Gasteiger partial charge in [-0.1, -0.05) is 11.6 Å². The second-order valence-corrected chi connectivity index (χ2v) is 4.75. The lowest BCUT2D eigenvalue weighted by atomic mass is 9.87. The van der Waals surface area contributed by atoms with Gasteiger partial charge in [0.15, 0.2) is 0 Å². The van der Waals surface area contributed by atoms with Crippen LogP contribution in [0.15, 0.2) is 18.2 Å². The number of halogens is 2. The lowest BCUT2D eigenvalue weighted by Gasteiger charge is -2.38. The van der Waals surface area contributed by atoms with Crippen LogP contribution in [0.3, 0.4) is 0 Å². The molecule has 1 heterocycles. The van der Waals surface area contributed by atoms with E-state index >= 15 is 0 Å². The maximum Gasteiger partial charge on any atom is 0.141 e. The zero-order valence-electron chi connectivity index (χ0n) is 9.41. The van der Waals surface area contributed by atoms with Crippen molar-refractivity contribution in [3.8, 4) is 6.07 Å². The fourth-order valence-electron chi connectivity index (χ4n) is 1.81. The molecule has 17 heavy (non-hydrogen) atoms. The van der Waals surface area contributed by atoms with Gasteiger partial charge in [-0.05, 0) is 18.2 Å². The minimum atomic E-state index is -0.449. The van der Waals surface area contributed by atoms with Crippen molar-refractivity contribution in [3.63, 3.8) is 0 Å². The molecule has 0 radical (unpaired) electrons. The number of benzene rings is 1. The number of ether oxygens (including phenoxy) is 1. The fourth-order valence-corrected chi connectivity index (χ4v) is 1.98. The van der Waals surface area contributed by atoms with Crippen LogP contribution in [0.1, 0.15) is 0 Å². The first kappa shape index (κ1) is 12.2. The summed E-state index contributed by atoms with van der Waals surface area (Å²) in [4.78, 5) is 1.89. The van der Waals surface area contributed by atoms with Crippen LogP contribution in [0.2, 0.25) is 5.02 Å². The van der Waals surface area contributed by atoms with E-state index in [1.54, 1.807) is 12.1 Å². The van der Waals surface area contributed by atoms with Crippen molar-refractivity contribution >= 4 is 17.3 Å². The summed E-state index contributed by atoms with van der Waals surface area (Å²) < 4.78 is 18.1. The first-order chi connectivity index (χ1) is 8.06. The normalized spacial score (nSPS) is 17.1. The van der Waals surface area contributed by atoms with E-state index < -0.39 is 11.2 Å². The third-order valence-corrected chi connectivity index (χ3v) is 3.17. The van der Waals surface area contributed by atoms with Gasteiger partial charge in [-0.2, -0.15) is 5.26 Å². The number of hydrogen-bond acceptors (Lipinski definition) is 3. The van der Waals surface area contributed by atoms with Gasteiger partial charge in [0, 0.05) is 19.3 Å². The van der Waals surface area contributed by atoms with E-state index in [2.05, 4.69) is 6.07 Å². The summed E-state index contributed by atoms with van der Waals surface area (Å²) in [7, 11) is 1.85. The largest absolute Gasteiger partial charge is 0.378 e. The van der Waals surface area contributed by atoms with E-state index in [4.69, 9.17) is 21.6 Å². The van der Waals surface area contributed by atoms with Gasteiger partial charge >= 0.3 is 0 Å². The molecule has 0 spiro atoms. The summed E-state index contributed by atoms with van der Waals surface area (Å²) in [6.07, 6.45) is 0. The van der Waals surface area contributed by atoms with E-state index in [1.165, 1.54) is 6.07 Å². The Labute approximate surface area is 104 Å². The SMILES string of the molecule is CN(CC1(C#N)COC1)c1ccc(F)c(Cl)c1. The zero-order chi connectivity index (χ0) is 12.5. The van der Waals surface area contributed by atoms with Crippen molar-refractivity contribution < 1.29 is 9.13 Å². The topological polar surface area (TPSA) is 36.3 Å². The minimum absolute atomic E-state index is 0.0882. The molecule has 1 aliphatic rings. The third kappa shape index (κ3) is 2.36. The summed E-state index contributed by atoms with van der Waals surface area (Å²) in [6.45, 7) is 1.44. The number of rotatable bonds is 3. The maximum atomic E-state index is 13.0. The predicted molar refractivity (Wildman–Crippen MR) is 63.5 cm³/mol. The first-order valence-corrected chi connectivity index (χ1v) is 5.59. The maximum absolute atomic E-state index is 13.0. The summed E-state index contributed by atoms with van der Waals surface area (Å²) in [5.74, 6) is -0.439. The smallest absolute Gasteiger partial charge is 0.141 e. The number of nitriles is 1. The molecule has 0 N–H and O–H groups in total. The fraction of sp³-hybridized carbons (Fsp3) is 0.417. The molecule has 2 rings (SSSR count). The highest BCUT2D eigenvalue weighted by Crippen LogP contribution is 2.30. The Bertz CT molecular complexity index is 468. The molecule has 1 aromatic rings. The Kier molecular flexibility index (Phi) is 3.23. The molecule has 5 heteroatoms. The first-order valence-electron chi connectivity index (χ1n) is 5.21. The predicted octanol–water partition coefficient (Wildman–Crippen LogP) is 2.46. The lowest BCUT2D eigenvalue weighted by molar-refractivity contribution is -0.0716. The van der Waals surface area contributed by atoms with E-state index in [0.29, 0.717) is 19.8 Å². The molecule has 1 fully saturated rings. The van der Waals surface area contributed by atoms with Crippen molar-refractivity contribution in [2.24, 2.45) is 5.41 Å². The van der Waals surface area contributed by atoms with Gasteiger partial charge in [-0.15, -0.1) is 0 Å². The summed E-state index contributed by atoms with van der Waals surface area (Å²) in [5.41, 5.74) is 0.341. The van der Waals surface area contributed by atoms with E-state index in [9.17, 15) is 4.39 Å². The van der Waals surface area contributed by atoms with Crippen LogP contribution in [0.5, 0.6) is 0 Å². The molecule has 0 aromatic heterocycles. The second-order valence-electron chi connectivity index (χ2n) is 4.34. The van der Waals surface area contributed by atoms with Crippen molar-refractivity contribution in [2.45, 2.75) is 0 Å². The molecule has 90 valence electrons. The van der Waals surface area contributed by atoms with Crippen molar-refractivity contribution in [3.05, 3.63) is 29.0 Å². The van der Waals surface area contributed by atoms with Crippen LogP contribution < -0.4 is 4.90 Å². The van der Waals surface area contributed by atoms with Gasteiger partial charge in [0.2, 0.25) is 0 Å². The van der Waals surface area contributed by atoms with Gasteiger partial charge < -0.3 is 9.64 Å². The van der Waals surface area contributed by atoms with Crippen LogP contribution in [0, 0.1) is 22.6 Å². The number of nitrogens with zero attached hydrogens (tertiary/aromatic N) is 2. The monoisotopic (exact) mass is 254 g/mol. The van der Waals surface area contributed by atoms with Crippen LogP contribution in [0.25, 0.3) is 0 Å². The van der Waals surface area contributed by atoms with E-state index in [-0.39, 0.29) is 5.02 Å². The molecule has 0 unspecified atom stereocenters. The van der Waals surface area contributed by atoms with Gasteiger partial charge in [0.05, 0.1) is 24.3 Å². The minimum Gasteiger partial charge on any atom is -0.378 e. The molecule has 1 saturated heterocycles. The van der Waals surface area contributed by atoms with Gasteiger partial charge in [0.25, 0.3) is 0 Å². The Morgan fingerprint density at radius 3 is 2.76 bits per heavy atom. The average molecular weight is 255 g/mol. The molecule has 1 aliphatic heterocycles. The highest BCUT2D eigenvalue weighted by atomic mass is 35.5. The molecular formula is C12H12ClFN2O. The molecule has 0 atom stereocenters. The Balaban J connectivity index is 2.12. The van der Waals surface area contributed by atoms with E-state index in [1.807, 2.05) is 11.9 Å². The van der Waals surface area contributed by atoms with Crippen LogP contribution in [-0.4, -0.2) is 26.8 Å². The van der Waals surface area contributed by atoms with Crippen LogP contribution in [-0.2, 0) is 4.74 Å². The highest BCUT2D eigenvalue weighted by molar-refractivity contribution is 6.31. The summed E-state index contributed by atoms with van der Waals surface area (Å²) in [6, 6.07) is 6.79. The molecule has 0 saturated carbocycles. The Hall–Kier alpha value is -1.31. The summed E-state index contributed by atoms with van der Waals surface area (Å²) in [5, 5.41) is 9.18. The average Bonchev–Trinajstić information content (AvgIpc) is 2.27. The molecule has 0 bridgehead atoms. The second kappa shape index (κ2) is 4.52. The third-order valence-electron chi connectivity index (χ3n) is 2.88. The van der Waals surface area contributed by atoms with Crippen LogP contribution >= 0.6 is 11.6 Å². The van der Waals surface area contributed by atoms with Gasteiger partial charge in [-0.25, -0.2) is 4.39 Å². The van der Waals surface area contributed by atoms with Crippen molar-refractivity contribution in [2.75, 3.05) is 31.7 Å². The Morgan fingerprint density at radius 1 is 1.59 bits per heavy atom.